The molecule has 0 saturated heterocycles. The fourth-order valence-corrected chi connectivity index (χ4v) is 0.757. The van der Waals surface area contributed by atoms with Gasteiger partial charge < -0.3 is 0 Å². The van der Waals surface area contributed by atoms with Crippen molar-refractivity contribution in [3.8, 4) is 0 Å². The Hall–Kier alpha value is -1.85. The molecule has 6 nitrogen and oxygen atoms in total. The van der Waals surface area contributed by atoms with E-state index in [4.69, 9.17) is 0 Å². The predicted molar refractivity (Wildman–Crippen MR) is 34.2 cm³/mol. The van der Waals surface area contributed by atoms with E-state index in [1.165, 1.54) is 12.4 Å². The molecule has 0 fully saturated rings. The van der Waals surface area contributed by atoms with Gasteiger partial charge in [0.05, 0.1) is 18.0 Å². The third-order valence-corrected chi connectivity index (χ3v) is 1.26. The van der Waals surface area contributed by atoms with Crippen LogP contribution in [-0.4, -0.2) is 21.3 Å². The Morgan fingerprint density at radius 2 is 2.36 bits per heavy atom. The van der Waals surface area contributed by atoms with E-state index in [9.17, 15) is 4.79 Å². The molecule has 0 unspecified atom stereocenters. The van der Waals surface area contributed by atoms with Gasteiger partial charge in [-0.2, -0.15) is 5.11 Å². The van der Waals surface area contributed by atoms with Crippen molar-refractivity contribution in [1.82, 2.24) is 15.4 Å². The average Bonchev–Trinajstić information content (AvgIpc) is 2.55. The number of rotatable bonds is 1. The van der Waals surface area contributed by atoms with Gasteiger partial charge in [0.25, 0.3) is 5.91 Å². The van der Waals surface area contributed by atoms with Crippen molar-refractivity contribution in [3.05, 3.63) is 18.1 Å². The second-order valence-electron chi connectivity index (χ2n) is 1.92. The number of hydrogen-bond donors (Lipinski definition) is 1. The highest BCUT2D eigenvalue weighted by atomic mass is 16.2. The summed E-state index contributed by atoms with van der Waals surface area (Å²) in [5.41, 5.74) is 0.846. The molecule has 54 valence electrons. The van der Waals surface area contributed by atoms with Crippen LogP contribution in [0.2, 0.25) is 0 Å². The van der Waals surface area contributed by atoms with Crippen LogP contribution < -0.4 is 0 Å². The Morgan fingerprint density at radius 3 is 2.91 bits per heavy atom. The molecule has 1 aliphatic rings. The number of carbonyl (C=O) groups excluding carboxylic acids is 1. The van der Waals surface area contributed by atoms with Gasteiger partial charge in [0, 0.05) is 0 Å². The third-order valence-electron chi connectivity index (χ3n) is 1.26. The number of amides is 1. The van der Waals surface area contributed by atoms with Gasteiger partial charge in [-0.25, -0.2) is 0 Å². The summed E-state index contributed by atoms with van der Waals surface area (Å²) in [5, 5.41) is 16.3. The first-order chi connectivity index (χ1) is 5.38. The van der Waals surface area contributed by atoms with Crippen LogP contribution in [0.4, 0.5) is 0 Å². The number of azo groups is 1. The maximum atomic E-state index is 10.9. The van der Waals surface area contributed by atoms with Crippen molar-refractivity contribution in [1.29, 1.82) is 0 Å². The van der Waals surface area contributed by atoms with E-state index in [0.29, 0.717) is 11.3 Å². The van der Waals surface area contributed by atoms with Crippen LogP contribution in [0.5, 0.6) is 0 Å². The number of aromatic amines is 1. The molecule has 1 amide bonds. The first-order valence-corrected chi connectivity index (χ1v) is 2.90. The zero-order valence-electron chi connectivity index (χ0n) is 5.35. The highest BCUT2D eigenvalue weighted by Crippen LogP contribution is 2.16. The van der Waals surface area contributed by atoms with Crippen molar-refractivity contribution in [2.75, 3.05) is 0 Å². The molecular formula is C5H3N5O. The van der Waals surface area contributed by atoms with Gasteiger partial charge in [-0.3, -0.25) is 9.89 Å². The molecule has 0 aromatic carbocycles. The van der Waals surface area contributed by atoms with E-state index >= 15 is 0 Å². The summed E-state index contributed by atoms with van der Waals surface area (Å²) >= 11 is 0. The standard InChI is InChI=1S/C5H3N5O/c11-5-3(1-6-9-5)4-2-7-10-8-4/h1-2H,(H,7,8,10). The van der Waals surface area contributed by atoms with Gasteiger partial charge in [0.2, 0.25) is 0 Å². The first kappa shape index (κ1) is 5.90. The number of carbonyl (C=O) groups is 1. The molecular weight excluding hydrogens is 146 g/mol. The van der Waals surface area contributed by atoms with Crippen LogP contribution in [0.3, 0.4) is 0 Å². The number of nitrogens with one attached hydrogen (secondary N) is 1. The van der Waals surface area contributed by atoms with E-state index in [1.54, 1.807) is 0 Å². The Balaban J connectivity index is 2.40. The molecule has 1 aromatic rings. The van der Waals surface area contributed by atoms with E-state index in [2.05, 4.69) is 25.6 Å². The maximum absolute atomic E-state index is 10.9. The van der Waals surface area contributed by atoms with Gasteiger partial charge in [-0.1, -0.05) is 5.21 Å². The zero-order chi connectivity index (χ0) is 7.68. The molecule has 11 heavy (non-hydrogen) atoms. The predicted octanol–water partition coefficient (Wildman–Crippen LogP) is 0.138. The van der Waals surface area contributed by atoms with Crippen LogP contribution in [0.1, 0.15) is 5.69 Å². The van der Waals surface area contributed by atoms with E-state index in [0.717, 1.165) is 0 Å². The molecule has 0 aliphatic carbocycles. The molecule has 1 aromatic heterocycles. The maximum Gasteiger partial charge on any atom is 0.299 e. The zero-order valence-corrected chi connectivity index (χ0v) is 5.35. The lowest BCUT2D eigenvalue weighted by molar-refractivity contribution is -0.112. The minimum Gasteiger partial charge on any atom is -0.265 e. The lowest BCUT2D eigenvalue weighted by Gasteiger charge is -1.86. The van der Waals surface area contributed by atoms with Gasteiger partial charge in [0.1, 0.15) is 5.69 Å². The quantitative estimate of drug-likeness (QED) is 0.616. The van der Waals surface area contributed by atoms with E-state index < -0.39 is 0 Å². The lowest BCUT2D eigenvalue weighted by Crippen LogP contribution is -1.93. The summed E-state index contributed by atoms with van der Waals surface area (Å²) in [6.07, 6.45) is 2.88. The summed E-state index contributed by atoms with van der Waals surface area (Å²) in [6.45, 7) is 0. The van der Waals surface area contributed by atoms with Crippen molar-refractivity contribution in [2.45, 2.75) is 0 Å². The second-order valence-corrected chi connectivity index (χ2v) is 1.92. The van der Waals surface area contributed by atoms with Crippen LogP contribution in [-0.2, 0) is 4.79 Å². The monoisotopic (exact) mass is 149 g/mol. The molecule has 2 rings (SSSR count). The largest absolute Gasteiger partial charge is 0.299 e. The van der Waals surface area contributed by atoms with Crippen LogP contribution in [0.25, 0.3) is 5.57 Å². The van der Waals surface area contributed by atoms with Crippen molar-refractivity contribution >= 4 is 11.5 Å². The van der Waals surface area contributed by atoms with Gasteiger partial charge in [-0.15, -0.1) is 10.2 Å². The van der Waals surface area contributed by atoms with Crippen molar-refractivity contribution in [2.24, 2.45) is 10.2 Å². The Morgan fingerprint density at radius 1 is 1.45 bits per heavy atom. The van der Waals surface area contributed by atoms with Crippen LogP contribution >= 0.6 is 0 Å². The fourth-order valence-electron chi connectivity index (χ4n) is 0.757. The van der Waals surface area contributed by atoms with Crippen molar-refractivity contribution in [3.63, 3.8) is 0 Å². The lowest BCUT2D eigenvalue weighted by atomic mass is 10.2. The third kappa shape index (κ3) is 0.841. The molecule has 2 heterocycles. The molecule has 1 aliphatic heterocycles. The highest BCUT2D eigenvalue weighted by molar-refractivity contribution is 6.20. The highest BCUT2D eigenvalue weighted by Gasteiger charge is 2.17. The van der Waals surface area contributed by atoms with E-state index in [1.807, 2.05) is 0 Å². The Labute approximate surface area is 61.0 Å². The van der Waals surface area contributed by atoms with Gasteiger partial charge in [0.15, 0.2) is 0 Å². The topological polar surface area (TPSA) is 83.4 Å². The van der Waals surface area contributed by atoms with E-state index in [-0.39, 0.29) is 5.91 Å². The number of hydrogen-bond acceptors (Lipinski definition) is 4. The van der Waals surface area contributed by atoms with Gasteiger partial charge >= 0.3 is 0 Å². The molecule has 0 atom stereocenters. The molecule has 0 saturated carbocycles. The smallest absolute Gasteiger partial charge is 0.265 e. The summed E-state index contributed by atoms with van der Waals surface area (Å²) in [4.78, 5) is 10.9. The minimum absolute atomic E-state index is 0.374. The fraction of sp³-hybridized carbons (Fsp3) is 0. The molecule has 0 spiro atoms. The summed E-state index contributed by atoms with van der Waals surface area (Å²) in [7, 11) is 0. The number of nitrogens with zero attached hydrogens (tertiary/aromatic N) is 4. The average molecular weight is 149 g/mol. The van der Waals surface area contributed by atoms with Crippen molar-refractivity contribution < 1.29 is 4.79 Å². The minimum atomic E-state index is -0.376. The number of aromatic nitrogens is 3. The van der Waals surface area contributed by atoms with Crippen LogP contribution in [0, 0.1) is 0 Å². The van der Waals surface area contributed by atoms with Gasteiger partial charge in [-0.05, 0) is 0 Å². The number of H-pyrrole nitrogens is 1. The molecule has 1 N–H and O–H groups in total. The SMILES string of the molecule is O=C1N=NC=C1c1c[nH]nn1. The van der Waals surface area contributed by atoms with Crippen LogP contribution in [0.15, 0.2) is 22.6 Å². The first-order valence-electron chi connectivity index (χ1n) is 2.90. The normalized spacial score (nSPS) is 15.6. The summed E-state index contributed by atoms with van der Waals surface area (Å²) < 4.78 is 0. The Kier molecular flexibility index (Phi) is 1.12. The molecule has 0 bridgehead atoms. The second kappa shape index (κ2) is 2.08. The molecule has 0 radical (unpaired) electrons. The summed E-state index contributed by atoms with van der Waals surface area (Å²) in [6, 6.07) is 0. The molecule has 6 heteroatoms. The summed E-state index contributed by atoms with van der Waals surface area (Å²) in [5.74, 6) is -0.376. The Bertz CT molecular complexity index is 336.